The Hall–Kier alpha value is -2.13. The van der Waals surface area contributed by atoms with Gasteiger partial charge in [0.15, 0.2) is 0 Å². The zero-order valence-electron chi connectivity index (χ0n) is 8.60. The number of nitro groups is 1. The average Bonchev–Trinajstić information content (AvgIpc) is 2.14. The van der Waals surface area contributed by atoms with Crippen molar-refractivity contribution in [3.05, 3.63) is 16.3 Å². The first-order chi connectivity index (χ1) is 7.70. The number of hydrogen-bond acceptors (Lipinski definition) is 6. The largest absolute Gasteiger partial charge is 0.405 e. The molecule has 94 valence electrons. The molecule has 17 heavy (non-hydrogen) atoms. The lowest BCUT2D eigenvalue weighted by atomic mass is 10.4. The summed E-state index contributed by atoms with van der Waals surface area (Å²) >= 11 is 0. The lowest BCUT2D eigenvalue weighted by Gasteiger charge is -2.19. The maximum absolute atomic E-state index is 12.1. The molecule has 0 aromatic carbocycles. The van der Waals surface area contributed by atoms with Crippen molar-refractivity contribution < 1.29 is 18.1 Å². The number of nitrogen functional groups attached to an aromatic ring is 1. The first kappa shape index (κ1) is 12.9. The topological polar surface area (TPSA) is 98.2 Å². The zero-order valence-corrected chi connectivity index (χ0v) is 8.60. The van der Waals surface area contributed by atoms with Gasteiger partial charge >= 0.3 is 11.9 Å². The summed E-state index contributed by atoms with van der Waals surface area (Å²) in [5.41, 5.74) is 4.54. The quantitative estimate of drug-likeness (QED) is 0.634. The number of aromatic nitrogens is 2. The molecule has 1 heterocycles. The van der Waals surface area contributed by atoms with Crippen LogP contribution < -0.4 is 10.6 Å². The van der Waals surface area contributed by atoms with Gasteiger partial charge in [-0.3, -0.25) is 10.1 Å². The molecule has 0 saturated heterocycles. The van der Waals surface area contributed by atoms with Gasteiger partial charge in [-0.25, -0.2) is 4.98 Å². The number of anilines is 2. The van der Waals surface area contributed by atoms with Crippen LogP contribution in [-0.4, -0.2) is 34.7 Å². The predicted octanol–water partition coefficient (Wildman–Crippen LogP) is 0.966. The third-order valence-electron chi connectivity index (χ3n) is 1.74. The van der Waals surface area contributed by atoms with E-state index >= 15 is 0 Å². The predicted molar refractivity (Wildman–Crippen MR) is 52.4 cm³/mol. The third kappa shape index (κ3) is 3.43. The second-order valence-corrected chi connectivity index (χ2v) is 3.17. The molecule has 7 nitrogen and oxygen atoms in total. The molecule has 0 radical (unpaired) electrons. The summed E-state index contributed by atoms with van der Waals surface area (Å²) in [6, 6.07) is 0. The molecule has 0 aliphatic carbocycles. The van der Waals surface area contributed by atoms with Crippen LogP contribution in [0.5, 0.6) is 0 Å². The van der Waals surface area contributed by atoms with Crippen LogP contribution in [0.1, 0.15) is 0 Å². The molecular formula is C7H8F3N5O2. The Morgan fingerprint density at radius 1 is 1.59 bits per heavy atom. The van der Waals surface area contributed by atoms with E-state index in [-0.39, 0.29) is 5.95 Å². The van der Waals surface area contributed by atoms with Gasteiger partial charge in [0.1, 0.15) is 12.7 Å². The summed E-state index contributed by atoms with van der Waals surface area (Å²) in [4.78, 5) is 17.1. The first-order valence-electron chi connectivity index (χ1n) is 4.25. The molecule has 2 N–H and O–H groups in total. The number of nitrogens with two attached hydrogens (primary N) is 1. The molecule has 0 aliphatic rings. The standard InChI is InChI=1S/C7H8F3N5O2/c1-14(3-7(8,9)10)5-4(15(16)17)2-12-6(11)13-5/h2H,3H2,1H3,(H2,11,12,13). The van der Waals surface area contributed by atoms with Crippen LogP contribution in [0.25, 0.3) is 0 Å². The molecule has 1 rings (SSSR count). The number of alkyl halides is 3. The van der Waals surface area contributed by atoms with Gasteiger partial charge < -0.3 is 10.6 Å². The molecule has 1 aromatic heterocycles. The molecule has 0 unspecified atom stereocenters. The SMILES string of the molecule is CN(CC(F)(F)F)c1nc(N)ncc1[N+](=O)[O-]. The smallest absolute Gasteiger partial charge is 0.368 e. The monoisotopic (exact) mass is 251 g/mol. The fraction of sp³-hybridized carbons (Fsp3) is 0.429. The highest BCUT2D eigenvalue weighted by molar-refractivity contribution is 5.57. The van der Waals surface area contributed by atoms with Crippen LogP contribution in [0.15, 0.2) is 6.20 Å². The second kappa shape index (κ2) is 4.39. The van der Waals surface area contributed by atoms with Crippen molar-refractivity contribution in [3.63, 3.8) is 0 Å². The highest BCUT2D eigenvalue weighted by atomic mass is 19.4. The van der Waals surface area contributed by atoms with E-state index in [0.29, 0.717) is 4.90 Å². The van der Waals surface area contributed by atoms with Crippen molar-refractivity contribution in [3.8, 4) is 0 Å². The fourth-order valence-electron chi connectivity index (χ4n) is 1.13. The molecule has 1 aromatic rings. The molecule has 0 spiro atoms. The molecule has 0 atom stereocenters. The van der Waals surface area contributed by atoms with Crippen molar-refractivity contribution in [2.24, 2.45) is 0 Å². The van der Waals surface area contributed by atoms with E-state index in [4.69, 9.17) is 5.73 Å². The van der Waals surface area contributed by atoms with Crippen molar-refractivity contribution in [1.29, 1.82) is 0 Å². The lowest BCUT2D eigenvalue weighted by molar-refractivity contribution is -0.384. The van der Waals surface area contributed by atoms with E-state index in [0.717, 1.165) is 13.2 Å². The van der Waals surface area contributed by atoms with E-state index in [2.05, 4.69) is 9.97 Å². The summed E-state index contributed by atoms with van der Waals surface area (Å²) in [5.74, 6) is -0.806. The fourth-order valence-corrected chi connectivity index (χ4v) is 1.13. The van der Waals surface area contributed by atoms with Gasteiger partial charge in [0.25, 0.3) is 0 Å². The van der Waals surface area contributed by atoms with Crippen LogP contribution in [0.3, 0.4) is 0 Å². The Morgan fingerprint density at radius 3 is 2.65 bits per heavy atom. The maximum Gasteiger partial charge on any atom is 0.405 e. The van der Waals surface area contributed by atoms with E-state index < -0.39 is 29.1 Å². The molecule has 0 fully saturated rings. The molecule has 10 heteroatoms. The minimum absolute atomic E-state index is 0.334. The van der Waals surface area contributed by atoms with Gasteiger partial charge in [-0.05, 0) is 0 Å². The van der Waals surface area contributed by atoms with E-state index in [1.165, 1.54) is 0 Å². The normalized spacial score (nSPS) is 11.3. The van der Waals surface area contributed by atoms with Crippen LogP contribution >= 0.6 is 0 Å². The van der Waals surface area contributed by atoms with E-state index in [9.17, 15) is 23.3 Å². The minimum atomic E-state index is -4.50. The number of halogens is 3. The van der Waals surface area contributed by atoms with Gasteiger partial charge in [0, 0.05) is 7.05 Å². The summed E-state index contributed by atoms with van der Waals surface area (Å²) < 4.78 is 36.4. The van der Waals surface area contributed by atoms with Crippen LogP contribution in [0, 0.1) is 10.1 Å². The highest BCUT2D eigenvalue weighted by Crippen LogP contribution is 2.27. The molecule has 0 saturated carbocycles. The molecule has 0 bridgehead atoms. The highest BCUT2D eigenvalue weighted by Gasteiger charge is 2.32. The van der Waals surface area contributed by atoms with Crippen molar-refractivity contribution >= 4 is 17.5 Å². The van der Waals surface area contributed by atoms with Gasteiger partial charge in [-0.15, -0.1) is 0 Å². The lowest BCUT2D eigenvalue weighted by Crippen LogP contribution is -2.32. The Morgan fingerprint density at radius 2 is 2.18 bits per heavy atom. The average molecular weight is 251 g/mol. The van der Waals surface area contributed by atoms with Crippen LogP contribution in [0.2, 0.25) is 0 Å². The Balaban J connectivity index is 3.10. The Kier molecular flexibility index (Phi) is 3.34. The van der Waals surface area contributed by atoms with Gasteiger partial charge in [0.05, 0.1) is 4.92 Å². The zero-order chi connectivity index (χ0) is 13.2. The molecular weight excluding hydrogens is 243 g/mol. The van der Waals surface area contributed by atoms with E-state index in [1.54, 1.807) is 0 Å². The van der Waals surface area contributed by atoms with Crippen molar-refractivity contribution in [1.82, 2.24) is 9.97 Å². The Labute approximate surface area is 93.2 Å². The maximum atomic E-state index is 12.1. The molecule has 0 amide bonds. The third-order valence-corrected chi connectivity index (χ3v) is 1.74. The van der Waals surface area contributed by atoms with Crippen LogP contribution in [0.4, 0.5) is 30.6 Å². The first-order valence-corrected chi connectivity index (χ1v) is 4.25. The van der Waals surface area contributed by atoms with E-state index in [1.807, 2.05) is 0 Å². The number of nitrogens with zero attached hydrogens (tertiary/aromatic N) is 4. The molecule has 0 aliphatic heterocycles. The van der Waals surface area contributed by atoms with Gasteiger partial charge in [-0.2, -0.15) is 18.2 Å². The minimum Gasteiger partial charge on any atom is -0.368 e. The Bertz CT molecular complexity index is 436. The van der Waals surface area contributed by atoms with Crippen molar-refractivity contribution in [2.75, 3.05) is 24.2 Å². The summed E-state index contributed by atoms with van der Waals surface area (Å²) in [6.45, 7) is -1.37. The number of hydrogen-bond donors (Lipinski definition) is 1. The van der Waals surface area contributed by atoms with Gasteiger partial charge in [0.2, 0.25) is 11.8 Å². The number of rotatable bonds is 3. The van der Waals surface area contributed by atoms with Gasteiger partial charge in [-0.1, -0.05) is 0 Å². The summed E-state index contributed by atoms with van der Waals surface area (Å²) in [6.07, 6.45) is -3.73. The summed E-state index contributed by atoms with van der Waals surface area (Å²) in [5, 5.41) is 10.6. The van der Waals surface area contributed by atoms with Crippen LogP contribution in [-0.2, 0) is 0 Å². The second-order valence-electron chi connectivity index (χ2n) is 3.17. The summed E-state index contributed by atoms with van der Waals surface area (Å²) in [7, 11) is 1.03. The van der Waals surface area contributed by atoms with Crippen molar-refractivity contribution in [2.45, 2.75) is 6.18 Å².